The first kappa shape index (κ1) is 9.48. The van der Waals surface area contributed by atoms with Crippen LogP contribution in [0.4, 0.5) is 0 Å². The molecule has 0 bridgehead atoms. The van der Waals surface area contributed by atoms with Gasteiger partial charge in [-0.25, -0.2) is 4.79 Å². The first-order chi connectivity index (χ1) is 5.79. The number of rotatable bonds is 3. The molecular weight excluding hydrogens is 158 g/mol. The molecule has 1 aliphatic heterocycles. The quantitative estimate of drug-likeness (QED) is 0.641. The molecule has 0 spiro atoms. The Morgan fingerprint density at radius 2 is 2.42 bits per heavy atom. The van der Waals surface area contributed by atoms with Gasteiger partial charge in [-0.1, -0.05) is 0 Å². The third-order valence-corrected chi connectivity index (χ3v) is 1.94. The fourth-order valence-electron chi connectivity index (χ4n) is 1.32. The molecule has 1 fully saturated rings. The standard InChI is InChI=1S/C8H15NO3/c10-8(11)6-12-7-3-1-2-4-9-5-7/h7,9H,1-6H2,(H,10,11). The van der Waals surface area contributed by atoms with E-state index in [2.05, 4.69) is 5.32 Å². The van der Waals surface area contributed by atoms with E-state index in [9.17, 15) is 4.79 Å². The SMILES string of the molecule is O=C(O)COC1CCCCNC1. The zero-order chi connectivity index (χ0) is 8.81. The van der Waals surface area contributed by atoms with Crippen LogP contribution in [-0.4, -0.2) is 36.9 Å². The number of hydrogen-bond acceptors (Lipinski definition) is 3. The topological polar surface area (TPSA) is 58.6 Å². The van der Waals surface area contributed by atoms with Crippen LogP contribution in [0.1, 0.15) is 19.3 Å². The molecule has 0 aliphatic carbocycles. The van der Waals surface area contributed by atoms with Crippen molar-refractivity contribution in [2.45, 2.75) is 25.4 Å². The number of carbonyl (C=O) groups is 1. The molecule has 2 N–H and O–H groups in total. The van der Waals surface area contributed by atoms with Crippen LogP contribution in [0, 0.1) is 0 Å². The van der Waals surface area contributed by atoms with Crippen LogP contribution in [0.25, 0.3) is 0 Å². The summed E-state index contributed by atoms with van der Waals surface area (Å²) in [4.78, 5) is 10.2. The summed E-state index contributed by atoms with van der Waals surface area (Å²) in [7, 11) is 0. The van der Waals surface area contributed by atoms with E-state index < -0.39 is 5.97 Å². The Labute approximate surface area is 71.9 Å². The van der Waals surface area contributed by atoms with Crippen molar-refractivity contribution in [1.29, 1.82) is 0 Å². The highest BCUT2D eigenvalue weighted by atomic mass is 16.5. The average Bonchev–Trinajstić information content (AvgIpc) is 2.28. The Kier molecular flexibility index (Phi) is 4.04. The molecule has 4 heteroatoms. The minimum atomic E-state index is -0.890. The number of nitrogens with one attached hydrogen (secondary N) is 1. The summed E-state index contributed by atoms with van der Waals surface area (Å²) >= 11 is 0. The van der Waals surface area contributed by atoms with Crippen molar-refractivity contribution in [3.05, 3.63) is 0 Å². The molecule has 0 aromatic carbocycles. The first-order valence-corrected chi connectivity index (χ1v) is 4.33. The van der Waals surface area contributed by atoms with Crippen LogP contribution in [-0.2, 0) is 9.53 Å². The molecule has 0 radical (unpaired) electrons. The minimum Gasteiger partial charge on any atom is -0.480 e. The Bertz CT molecular complexity index is 141. The highest BCUT2D eigenvalue weighted by Crippen LogP contribution is 2.07. The second-order valence-electron chi connectivity index (χ2n) is 3.03. The molecule has 1 heterocycles. The van der Waals surface area contributed by atoms with Crippen molar-refractivity contribution < 1.29 is 14.6 Å². The summed E-state index contributed by atoms with van der Waals surface area (Å²) in [6.07, 6.45) is 3.34. The molecule has 1 unspecified atom stereocenters. The van der Waals surface area contributed by atoms with Gasteiger partial charge in [0.1, 0.15) is 6.61 Å². The molecule has 4 nitrogen and oxygen atoms in total. The van der Waals surface area contributed by atoms with Crippen molar-refractivity contribution in [1.82, 2.24) is 5.32 Å². The van der Waals surface area contributed by atoms with Gasteiger partial charge in [0, 0.05) is 6.54 Å². The van der Waals surface area contributed by atoms with Gasteiger partial charge in [-0.15, -0.1) is 0 Å². The van der Waals surface area contributed by atoms with Gasteiger partial charge in [0.25, 0.3) is 0 Å². The lowest BCUT2D eigenvalue weighted by atomic mass is 10.2. The van der Waals surface area contributed by atoms with Gasteiger partial charge in [0.2, 0.25) is 0 Å². The molecule has 0 saturated carbocycles. The average molecular weight is 173 g/mol. The molecule has 70 valence electrons. The first-order valence-electron chi connectivity index (χ1n) is 4.33. The Morgan fingerprint density at radius 1 is 1.58 bits per heavy atom. The van der Waals surface area contributed by atoms with E-state index in [-0.39, 0.29) is 12.7 Å². The molecule has 1 saturated heterocycles. The zero-order valence-electron chi connectivity index (χ0n) is 7.08. The summed E-state index contributed by atoms with van der Waals surface area (Å²) in [6.45, 7) is 1.63. The van der Waals surface area contributed by atoms with E-state index in [0.717, 1.165) is 32.4 Å². The van der Waals surface area contributed by atoms with Crippen molar-refractivity contribution in [2.75, 3.05) is 19.7 Å². The van der Waals surface area contributed by atoms with Gasteiger partial charge >= 0.3 is 5.97 Å². The molecule has 1 rings (SSSR count). The Morgan fingerprint density at radius 3 is 3.17 bits per heavy atom. The minimum absolute atomic E-state index is 0.0867. The van der Waals surface area contributed by atoms with Gasteiger partial charge in [0.05, 0.1) is 6.10 Å². The normalized spacial score (nSPS) is 24.8. The number of carboxylic acid groups (broad SMARTS) is 1. The van der Waals surface area contributed by atoms with E-state index in [1.807, 2.05) is 0 Å². The van der Waals surface area contributed by atoms with Crippen LogP contribution in [0.5, 0.6) is 0 Å². The molecule has 0 aromatic heterocycles. The maximum absolute atomic E-state index is 10.2. The van der Waals surface area contributed by atoms with E-state index in [1.54, 1.807) is 0 Å². The van der Waals surface area contributed by atoms with E-state index in [1.165, 1.54) is 0 Å². The van der Waals surface area contributed by atoms with Gasteiger partial charge in [-0.3, -0.25) is 0 Å². The smallest absolute Gasteiger partial charge is 0.329 e. The fraction of sp³-hybridized carbons (Fsp3) is 0.875. The van der Waals surface area contributed by atoms with Crippen LogP contribution in [0.15, 0.2) is 0 Å². The summed E-state index contributed by atoms with van der Waals surface area (Å²) in [5.74, 6) is -0.890. The number of ether oxygens (including phenoxy) is 1. The lowest BCUT2D eigenvalue weighted by molar-refractivity contribution is -0.144. The summed E-state index contributed by atoms with van der Waals surface area (Å²) in [5, 5.41) is 11.6. The molecule has 1 aliphatic rings. The lowest BCUT2D eigenvalue weighted by Gasteiger charge is -2.13. The van der Waals surface area contributed by atoms with Crippen molar-refractivity contribution in [3.8, 4) is 0 Å². The second-order valence-corrected chi connectivity index (χ2v) is 3.03. The lowest BCUT2D eigenvalue weighted by Crippen LogP contribution is -2.28. The van der Waals surface area contributed by atoms with Gasteiger partial charge in [-0.05, 0) is 25.8 Å². The number of hydrogen-bond donors (Lipinski definition) is 2. The van der Waals surface area contributed by atoms with Gasteiger partial charge in [0.15, 0.2) is 0 Å². The van der Waals surface area contributed by atoms with Crippen LogP contribution in [0.3, 0.4) is 0 Å². The maximum Gasteiger partial charge on any atom is 0.329 e. The summed E-state index contributed by atoms with van der Waals surface area (Å²) in [6, 6.07) is 0. The summed E-state index contributed by atoms with van der Waals surface area (Å²) < 4.78 is 5.16. The highest BCUT2D eigenvalue weighted by Gasteiger charge is 2.12. The van der Waals surface area contributed by atoms with E-state index in [4.69, 9.17) is 9.84 Å². The second kappa shape index (κ2) is 5.11. The van der Waals surface area contributed by atoms with Crippen LogP contribution >= 0.6 is 0 Å². The molecule has 1 atom stereocenters. The van der Waals surface area contributed by atoms with Crippen molar-refractivity contribution in [2.24, 2.45) is 0 Å². The third-order valence-electron chi connectivity index (χ3n) is 1.94. The van der Waals surface area contributed by atoms with Gasteiger partial charge in [-0.2, -0.15) is 0 Å². The molecule has 12 heavy (non-hydrogen) atoms. The largest absolute Gasteiger partial charge is 0.480 e. The highest BCUT2D eigenvalue weighted by molar-refractivity contribution is 5.68. The number of aliphatic carboxylic acids is 1. The van der Waals surface area contributed by atoms with Gasteiger partial charge < -0.3 is 15.2 Å². The van der Waals surface area contributed by atoms with Crippen LogP contribution < -0.4 is 5.32 Å². The fourth-order valence-corrected chi connectivity index (χ4v) is 1.32. The molecule has 0 aromatic rings. The van der Waals surface area contributed by atoms with Crippen molar-refractivity contribution in [3.63, 3.8) is 0 Å². The maximum atomic E-state index is 10.2. The Hall–Kier alpha value is -0.610. The summed E-state index contributed by atoms with van der Waals surface area (Å²) in [5.41, 5.74) is 0. The Balaban J connectivity index is 2.16. The van der Waals surface area contributed by atoms with Crippen molar-refractivity contribution >= 4 is 5.97 Å². The van der Waals surface area contributed by atoms with Crippen LogP contribution in [0.2, 0.25) is 0 Å². The van der Waals surface area contributed by atoms with E-state index >= 15 is 0 Å². The molecular formula is C8H15NO3. The molecule has 0 amide bonds. The monoisotopic (exact) mass is 173 g/mol. The predicted octanol–water partition coefficient (Wildman–Crippen LogP) is 0.230. The number of carboxylic acids is 1. The third kappa shape index (κ3) is 3.69. The van der Waals surface area contributed by atoms with E-state index in [0.29, 0.717) is 0 Å². The zero-order valence-corrected chi connectivity index (χ0v) is 7.08. The predicted molar refractivity (Wildman–Crippen MR) is 44.1 cm³/mol.